The SMILES string of the molecule is CCOc1ccc(Cc2nc3cc(NC(=O)CBr)ccc3n2CCN(CC)CC)cc1. The molecular formula is C24H31BrN4O2. The van der Waals surface area contributed by atoms with E-state index in [2.05, 4.69) is 62.8 Å². The smallest absolute Gasteiger partial charge is 0.235 e. The number of amides is 1. The highest BCUT2D eigenvalue weighted by atomic mass is 79.9. The van der Waals surface area contributed by atoms with Crippen molar-refractivity contribution in [2.75, 3.05) is 36.9 Å². The van der Waals surface area contributed by atoms with E-state index in [1.54, 1.807) is 0 Å². The fourth-order valence-corrected chi connectivity index (χ4v) is 3.81. The molecule has 6 nitrogen and oxygen atoms in total. The van der Waals surface area contributed by atoms with Crippen LogP contribution in [-0.2, 0) is 17.8 Å². The number of anilines is 1. The van der Waals surface area contributed by atoms with Gasteiger partial charge < -0.3 is 19.5 Å². The molecule has 2 aromatic carbocycles. The number of rotatable bonds is 11. The molecule has 31 heavy (non-hydrogen) atoms. The van der Waals surface area contributed by atoms with Crippen molar-refractivity contribution >= 4 is 38.6 Å². The molecule has 0 aliphatic rings. The molecule has 1 aromatic heterocycles. The Kier molecular flexibility index (Phi) is 8.49. The van der Waals surface area contributed by atoms with Crippen molar-refractivity contribution in [3.63, 3.8) is 0 Å². The van der Waals surface area contributed by atoms with Crippen LogP contribution in [0, 0.1) is 0 Å². The predicted octanol–water partition coefficient (Wildman–Crippen LogP) is 4.70. The highest BCUT2D eigenvalue weighted by Crippen LogP contribution is 2.23. The molecule has 1 heterocycles. The monoisotopic (exact) mass is 486 g/mol. The van der Waals surface area contributed by atoms with Crippen molar-refractivity contribution in [3.05, 3.63) is 53.9 Å². The van der Waals surface area contributed by atoms with Gasteiger partial charge in [0, 0.05) is 25.2 Å². The average molecular weight is 487 g/mol. The number of fused-ring (bicyclic) bond motifs is 1. The molecule has 0 spiro atoms. The van der Waals surface area contributed by atoms with Gasteiger partial charge in [-0.3, -0.25) is 4.79 Å². The number of nitrogens with zero attached hydrogens (tertiary/aromatic N) is 3. The van der Waals surface area contributed by atoms with E-state index in [1.165, 1.54) is 5.56 Å². The zero-order chi connectivity index (χ0) is 22.2. The van der Waals surface area contributed by atoms with Crippen LogP contribution >= 0.6 is 15.9 Å². The third-order valence-electron chi connectivity index (χ3n) is 5.36. The summed E-state index contributed by atoms with van der Waals surface area (Å²) < 4.78 is 7.87. The van der Waals surface area contributed by atoms with Crippen molar-refractivity contribution in [1.29, 1.82) is 0 Å². The molecular weight excluding hydrogens is 456 g/mol. The maximum atomic E-state index is 11.7. The van der Waals surface area contributed by atoms with Crippen LogP contribution in [0.1, 0.15) is 32.2 Å². The van der Waals surface area contributed by atoms with Crippen LogP contribution in [0.2, 0.25) is 0 Å². The lowest BCUT2D eigenvalue weighted by Crippen LogP contribution is -2.27. The van der Waals surface area contributed by atoms with Crippen LogP contribution in [0.5, 0.6) is 5.75 Å². The lowest BCUT2D eigenvalue weighted by Gasteiger charge is -2.19. The molecule has 0 saturated carbocycles. The zero-order valence-corrected chi connectivity index (χ0v) is 20.1. The van der Waals surface area contributed by atoms with E-state index >= 15 is 0 Å². The molecule has 3 rings (SSSR count). The van der Waals surface area contributed by atoms with E-state index < -0.39 is 0 Å². The molecule has 3 aromatic rings. The molecule has 0 unspecified atom stereocenters. The third kappa shape index (κ3) is 6.08. The van der Waals surface area contributed by atoms with Crippen molar-refractivity contribution in [2.45, 2.75) is 33.7 Å². The van der Waals surface area contributed by atoms with Gasteiger partial charge in [0.1, 0.15) is 11.6 Å². The van der Waals surface area contributed by atoms with Gasteiger partial charge in [-0.15, -0.1) is 0 Å². The molecule has 0 atom stereocenters. The summed E-state index contributed by atoms with van der Waals surface area (Å²) in [5, 5.41) is 3.16. The van der Waals surface area contributed by atoms with Crippen molar-refractivity contribution in [2.24, 2.45) is 0 Å². The Balaban J connectivity index is 1.91. The number of hydrogen-bond acceptors (Lipinski definition) is 4. The predicted molar refractivity (Wildman–Crippen MR) is 130 cm³/mol. The van der Waals surface area contributed by atoms with E-state index in [4.69, 9.17) is 9.72 Å². The lowest BCUT2D eigenvalue weighted by atomic mass is 10.1. The molecule has 0 fully saturated rings. The number of benzene rings is 2. The maximum Gasteiger partial charge on any atom is 0.235 e. The number of hydrogen-bond donors (Lipinski definition) is 1. The zero-order valence-electron chi connectivity index (χ0n) is 18.5. The minimum absolute atomic E-state index is 0.0741. The Morgan fingerprint density at radius 3 is 2.52 bits per heavy atom. The Bertz CT molecular complexity index is 997. The van der Waals surface area contributed by atoms with Crippen LogP contribution in [0.25, 0.3) is 11.0 Å². The van der Waals surface area contributed by atoms with Crippen LogP contribution in [-0.4, -0.2) is 51.9 Å². The van der Waals surface area contributed by atoms with E-state index in [0.717, 1.165) is 60.9 Å². The van der Waals surface area contributed by atoms with Gasteiger partial charge in [-0.2, -0.15) is 0 Å². The summed E-state index contributed by atoms with van der Waals surface area (Å²) in [4.78, 5) is 19.1. The maximum absolute atomic E-state index is 11.7. The van der Waals surface area contributed by atoms with E-state index in [0.29, 0.717) is 6.61 Å². The van der Waals surface area contributed by atoms with Gasteiger partial charge in [-0.25, -0.2) is 4.98 Å². The largest absolute Gasteiger partial charge is 0.494 e. The van der Waals surface area contributed by atoms with Crippen molar-refractivity contribution < 1.29 is 9.53 Å². The number of carbonyl (C=O) groups excluding carboxylic acids is 1. The quantitative estimate of drug-likeness (QED) is 0.399. The van der Waals surface area contributed by atoms with Gasteiger partial charge in [0.25, 0.3) is 0 Å². The molecule has 1 amide bonds. The summed E-state index contributed by atoms with van der Waals surface area (Å²) in [6.07, 6.45) is 0.739. The number of ether oxygens (including phenoxy) is 1. The van der Waals surface area contributed by atoms with E-state index in [-0.39, 0.29) is 11.2 Å². The summed E-state index contributed by atoms with van der Waals surface area (Å²) in [7, 11) is 0. The van der Waals surface area contributed by atoms with Crippen molar-refractivity contribution in [3.8, 4) is 5.75 Å². The Morgan fingerprint density at radius 2 is 1.87 bits per heavy atom. The molecule has 0 bridgehead atoms. The third-order valence-corrected chi connectivity index (χ3v) is 5.87. The van der Waals surface area contributed by atoms with Gasteiger partial charge in [0.2, 0.25) is 5.91 Å². The summed E-state index contributed by atoms with van der Waals surface area (Å²) >= 11 is 3.19. The van der Waals surface area contributed by atoms with E-state index in [1.807, 2.05) is 31.2 Å². The number of nitrogens with one attached hydrogen (secondary N) is 1. The molecule has 1 N–H and O–H groups in total. The second-order valence-electron chi connectivity index (χ2n) is 7.35. The van der Waals surface area contributed by atoms with Gasteiger partial charge in [-0.05, 0) is 55.9 Å². The fraction of sp³-hybridized carbons (Fsp3) is 0.417. The number of halogens is 1. The molecule has 0 aliphatic heterocycles. The Hall–Kier alpha value is -2.38. The van der Waals surface area contributed by atoms with Crippen LogP contribution in [0.15, 0.2) is 42.5 Å². The second-order valence-corrected chi connectivity index (χ2v) is 7.91. The standard InChI is InChI=1S/C24H31BrN4O2/c1-4-28(5-2)13-14-29-22-12-9-19(26-24(30)17-25)16-21(22)27-23(29)15-18-7-10-20(11-8-18)31-6-3/h7-12,16H,4-6,13-15,17H2,1-3H3,(H,26,30). The number of likely N-dealkylation sites (N-methyl/N-ethyl adjacent to an activating group) is 1. The molecule has 0 radical (unpaired) electrons. The summed E-state index contributed by atoms with van der Waals surface area (Å²) in [6.45, 7) is 10.9. The first kappa shape index (κ1) is 23.3. The number of alkyl halides is 1. The van der Waals surface area contributed by atoms with Crippen LogP contribution in [0.4, 0.5) is 5.69 Å². The topological polar surface area (TPSA) is 59.4 Å². The minimum Gasteiger partial charge on any atom is -0.494 e. The van der Waals surface area contributed by atoms with Crippen LogP contribution in [0.3, 0.4) is 0 Å². The second kappa shape index (κ2) is 11.3. The first-order valence-electron chi connectivity index (χ1n) is 10.9. The highest BCUT2D eigenvalue weighted by molar-refractivity contribution is 9.09. The van der Waals surface area contributed by atoms with Gasteiger partial charge >= 0.3 is 0 Å². The molecule has 0 aliphatic carbocycles. The van der Waals surface area contributed by atoms with Gasteiger partial charge in [0.05, 0.1) is 23.0 Å². The molecule has 7 heteroatoms. The Labute approximate surface area is 192 Å². The highest BCUT2D eigenvalue weighted by Gasteiger charge is 2.14. The van der Waals surface area contributed by atoms with E-state index in [9.17, 15) is 4.79 Å². The first-order chi connectivity index (χ1) is 15.1. The van der Waals surface area contributed by atoms with Crippen molar-refractivity contribution in [1.82, 2.24) is 14.5 Å². The fourth-order valence-electron chi connectivity index (χ4n) is 3.67. The van der Waals surface area contributed by atoms with Gasteiger partial charge in [0.15, 0.2) is 0 Å². The lowest BCUT2D eigenvalue weighted by molar-refractivity contribution is -0.113. The molecule has 166 valence electrons. The first-order valence-corrected chi connectivity index (χ1v) is 12.0. The minimum atomic E-state index is -0.0741. The summed E-state index contributed by atoms with van der Waals surface area (Å²) in [5.74, 6) is 1.83. The number of aromatic nitrogens is 2. The Morgan fingerprint density at radius 1 is 1.13 bits per heavy atom. The van der Waals surface area contributed by atoms with Gasteiger partial charge in [-0.1, -0.05) is 41.9 Å². The number of imidazole rings is 1. The average Bonchev–Trinajstić information content (AvgIpc) is 3.12. The summed E-state index contributed by atoms with van der Waals surface area (Å²) in [5.41, 5.74) is 3.94. The molecule has 0 saturated heterocycles. The van der Waals surface area contributed by atoms with Crippen LogP contribution < -0.4 is 10.1 Å². The normalized spacial score (nSPS) is 11.3. The number of carbonyl (C=O) groups is 1. The summed E-state index contributed by atoms with van der Waals surface area (Å²) in [6, 6.07) is 14.2.